The standard InChI is InChI=1S/C24H22ClN3O4S/c25-20-13-11-19(12-14-20)23(29)28(33(31,32)22-9-5-2-6-10-22)24(30)27-17-15-26(16-18-27)21-7-3-1-4-8-21/h1-14H,15-18H2. The molecule has 0 N–H and O–H groups in total. The van der Waals surface area contributed by atoms with E-state index >= 15 is 0 Å². The van der Waals surface area contributed by atoms with Gasteiger partial charge < -0.3 is 9.80 Å². The van der Waals surface area contributed by atoms with Gasteiger partial charge in [-0.15, -0.1) is 4.31 Å². The second-order valence-corrected chi connectivity index (χ2v) is 9.71. The summed E-state index contributed by atoms with van der Waals surface area (Å²) in [6.45, 7) is 1.60. The number of urea groups is 1. The molecular weight excluding hydrogens is 462 g/mol. The Bertz CT molecular complexity index is 1230. The third kappa shape index (κ3) is 4.86. The number of imide groups is 1. The minimum atomic E-state index is -4.43. The van der Waals surface area contributed by atoms with Crippen molar-refractivity contribution in [2.45, 2.75) is 4.90 Å². The monoisotopic (exact) mass is 483 g/mol. The summed E-state index contributed by atoms with van der Waals surface area (Å²) < 4.78 is 27.2. The maximum atomic E-state index is 13.5. The predicted octanol–water partition coefficient (Wildman–Crippen LogP) is 4.11. The number of piperazine rings is 1. The third-order valence-electron chi connectivity index (χ3n) is 5.40. The molecule has 9 heteroatoms. The lowest BCUT2D eigenvalue weighted by molar-refractivity contribution is 0.0858. The lowest BCUT2D eigenvalue weighted by Crippen LogP contribution is -2.55. The molecule has 1 saturated heterocycles. The van der Waals surface area contributed by atoms with Crippen LogP contribution in [0.15, 0.2) is 89.8 Å². The van der Waals surface area contributed by atoms with Crippen LogP contribution >= 0.6 is 11.6 Å². The first-order chi connectivity index (χ1) is 15.9. The van der Waals surface area contributed by atoms with Gasteiger partial charge in [-0.05, 0) is 48.5 Å². The van der Waals surface area contributed by atoms with E-state index in [-0.39, 0.29) is 23.5 Å². The van der Waals surface area contributed by atoms with Gasteiger partial charge in [0.2, 0.25) is 0 Å². The Kier molecular flexibility index (Phi) is 6.67. The van der Waals surface area contributed by atoms with E-state index in [1.807, 2.05) is 30.3 Å². The number of carbonyl (C=O) groups excluding carboxylic acids is 2. The van der Waals surface area contributed by atoms with Gasteiger partial charge in [-0.25, -0.2) is 13.2 Å². The molecule has 0 radical (unpaired) electrons. The fourth-order valence-electron chi connectivity index (χ4n) is 3.63. The highest BCUT2D eigenvalue weighted by Gasteiger charge is 2.39. The van der Waals surface area contributed by atoms with Crippen LogP contribution in [0.3, 0.4) is 0 Å². The van der Waals surface area contributed by atoms with E-state index in [2.05, 4.69) is 4.90 Å². The van der Waals surface area contributed by atoms with Crippen molar-refractivity contribution in [3.05, 3.63) is 95.5 Å². The zero-order chi connectivity index (χ0) is 23.4. The van der Waals surface area contributed by atoms with Crippen molar-refractivity contribution in [3.8, 4) is 0 Å². The average molecular weight is 484 g/mol. The van der Waals surface area contributed by atoms with Crippen LogP contribution in [-0.2, 0) is 10.0 Å². The van der Waals surface area contributed by atoms with Crippen molar-refractivity contribution in [1.82, 2.24) is 9.21 Å². The molecule has 1 aliphatic heterocycles. The van der Waals surface area contributed by atoms with Crippen LogP contribution in [0.4, 0.5) is 10.5 Å². The van der Waals surface area contributed by atoms with E-state index in [0.717, 1.165) is 5.69 Å². The highest BCUT2D eigenvalue weighted by atomic mass is 35.5. The number of anilines is 1. The Morgan fingerprint density at radius 2 is 1.30 bits per heavy atom. The van der Waals surface area contributed by atoms with Gasteiger partial charge in [0.25, 0.3) is 15.9 Å². The topological polar surface area (TPSA) is 78.0 Å². The Morgan fingerprint density at radius 3 is 1.88 bits per heavy atom. The minimum absolute atomic E-state index is 0.0511. The van der Waals surface area contributed by atoms with Crippen LogP contribution in [-0.4, -0.2) is 55.7 Å². The van der Waals surface area contributed by atoms with Crippen LogP contribution in [0.5, 0.6) is 0 Å². The number of benzene rings is 3. The van der Waals surface area contributed by atoms with E-state index < -0.39 is 22.0 Å². The molecule has 0 unspecified atom stereocenters. The van der Waals surface area contributed by atoms with Gasteiger partial charge in [0.1, 0.15) is 0 Å². The molecule has 3 amide bonds. The van der Waals surface area contributed by atoms with Crippen LogP contribution in [0, 0.1) is 0 Å². The first-order valence-electron chi connectivity index (χ1n) is 10.4. The van der Waals surface area contributed by atoms with Gasteiger partial charge in [-0.3, -0.25) is 4.79 Å². The highest BCUT2D eigenvalue weighted by molar-refractivity contribution is 7.90. The molecule has 0 bridgehead atoms. The molecule has 1 aliphatic rings. The number of halogens is 1. The SMILES string of the molecule is O=C(c1ccc(Cl)cc1)N(C(=O)N1CCN(c2ccccc2)CC1)S(=O)(=O)c1ccccc1. The van der Waals surface area contributed by atoms with Crippen molar-refractivity contribution in [3.63, 3.8) is 0 Å². The molecule has 0 atom stereocenters. The Balaban J connectivity index is 1.63. The molecular formula is C24H22ClN3O4S. The van der Waals surface area contributed by atoms with Crippen LogP contribution in [0.2, 0.25) is 5.02 Å². The third-order valence-corrected chi connectivity index (χ3v) is 7.32. The zero-order valence-corrected chi connectivity index (χ0v) is 19.2. The number of amides is 3. The predicted molar refractivity (Wildman–Crippen MR) is 127 cm³/mol. The number of hydrogen-bond acceptors (Lipinski definition) is 5. The summed E-state index contributed by atoms with van der Waals surface area (Å²) in [6.07, 6.45) is 0. The summed E-state index contributed by atoms with van der Waals surface area (Å²) in [7, 11) is -4.43. The molecule has 33 heavy (non-hydrogen) atoms. The van der Waals surface area contributed by atoms with Crippen molar-refractivity contribution in [1.29, 1.82) is 0 Å². The molecule has 7 nitrogen and oxygen atoms in total. The molecule has 0 aliphatic carbocycles. The molecule has 3 aromatic rings. The zero-order valence-electron chi connectivity index (χ0n) is 17.7. The molecule has 4 rings (SSSR count). The number of nitrogens with zero attached hydrogens (tertiary/aromatic N) is 3. The fraction of sp³-hybridized carbons (Fsp3) is 0.167. The van der Waals surface area contributed by atoms with E-state index in [1.165, 1.54) is 41.3 Å². The Labute approximate surface area is 197 Å². The maximum absolute atomic E-state index is 13.5. The smallest absolute Gasteiger partial charge is 0.341 e. The lowest BCUT2D eigenvalue weighted by atomic mass is 10.2. The van der Waals surface area contributed by atoms with Crippen molar-refractivity contribution >= 4 is 39.2 Å². The number of para-hydroxylation sites is 1. The molecule has 1 fully saturated rings. The van der Waals surface area contributed by atoms with Crippen molar-refractivity contribution in [2.75, 3.05) is 31.1 Å². The van der Waals surface area contributed by atoms with Crippen LogP contribution in [0.25, 0.3) is 0 Å². The van der Waals surface area contributed by atoms with Gasteiger partial charge in [0.15, 0.2) is 0 Å². The summed E-state index contributed by atoms with van der Waals surface area (Å²) in [5.74, 6) is -0.925. The van der Waals surface area contributed by atoms with Crippen LogP contribution in [0.1, 0.15) is 10.4 Å². The van der Waals surface area contributed by atoms with E-state index in [0.29, 0.717) is 22.4 Å². The van der Waals surface area contributed by atoms with Crippen LogP contribution < -0.4 is 4.90 Å². The van der Waals surface area contributed by atoms with E-state index in [1.54, 1.807) is 18.2 Å². The molecule has 0 aromatic heterocycles. The van der Waals surface area contributed by atoms with Gasteiger partial charge in [-0.1, -0.05) is 48.0 Å². The number of sulfonamides is 1. The number of carbonyl (C=O) groups is 2. The van der Waals surface area contributed by atoms with Gasteiger partial charge in [0.05, 0.1) is 4.90 Å². The summed E-state index contributed by atoms with van der Waals surface area (Å²) in [4.78, 5) is 30.1. The van der Waals surface area contributed by atoms with Gasteiger partial charge in [-0.2, -0.15) is 0 Å². The Morgan fingerprint density at radius 1 is 0.758 bits per heavy atom. The molecule has 0 spiro atoms. The summed E-state index contributed by atoms with van der Waals surface area (Å²) in [5, 5.41) is 0.396. The second-order valence-electron chi connectivity index (χ2n) is 7.49. The largest absolute Gasteiger partial charge is 0.368 e. The first-order valence-corrected chi connectivity index (χ1v) is 12.2. The second kappa shape index (κ2) is 9.64. The van der Waals surface area contributed by atoms with E-state index in [9.17, 15) is 18.0 Å². The quantitative estimate of drug-likeness (QED) is 0.558. The summed E-state index contributed by atoms with van der Waals surface area (Å²) in [5.41, 5.74) is 1.07. The van der Waals surface area contributed by atoms with E-state index in [4.69, 9.17) is 11.6 Å². The normalized spacial score (nSPS) is 14.1. The molecule has 1 heterocycles. The van der Waals surface area contributed by atoms with Crippen molar-refractivity contribution in [2.24, 2.45) is 0 Å². The summed E-state index contributed by atoms with van der Waals surface area (Å²) in [6, 6.07) is 22.1. The highest BCUT2D eigenvalue weighted by Crippen LogP contribution is 2.23. The average Bonchev–Trinajstić information content (AvgIpc) is 2.85. The van der Waals surface area contributed by atoms with Gasteiger partial charge in [0, 0.05) is 42.5 Å². The number of hydrogen-bond donors (Lipinski definition) is 0. The lowest BCUT2D eigenvalue weighted by Gasteiger charge is -2.37. The summed E-state index contributed by atoms with van der Waals surface area (Å²) >= 11 is 5.91. The minimum Gasteiger partial charge on any atom is -0.368 e. The van der Waals surface area contributed by atoms with Gasteiger partial charge >= 0.3 is 6.03 Å². The Hall–Kier alpha value is -3.36. The number of rotatable bonds is 4. The molecule has 0 saturated carbocycles. The first kappa shape index (κ1) is 22.8. The fourth-order valence-corrected chi connectivity index (χ4v) is 5.11. The maximum Gasteiger partial charge on any atom is 0.341 e. The molecule has 3 aromatic carbocycles. The van der Waals surface area contributed by atoms with Crippen molar-refractivity contribution < 1.29 is 18.0 Å². The molecule has 170 valence electrons.